The van der Waals surface area contributed by atoms with Gasteiger partial charge in [-0.3, -0.25) is 0 Å². The molecule has 116 valence electrons. The molecule has 3 rings (SSSR count). The maximum Gasteiger partial charge on any atom is 0.248 e. The van der Waals surface area contributed by atoms with Gasteiger partial charge in [-0.05, 0) is 29.8 Å². The summed E-state index contributed by atoms with van der Waals surface area (Å²) < 4.78 is 6.70. The lowest BCUT2D eigenvalue weighted by atomic mass is 10.2. The number of nitrogens with one attached hydrogen (secondary N) is 1. The zero-order valence-electron chi connectivity index (χ0n) is 12.2. The Morgan fingerprint density at radius 1 is 1.00 bits per heavy atom. The Balaban J connectivity index is 1.74. The quantitative estimate of drug-likeness (QED) is 0.702. The third kappa shape index (κ3) is 3.98. The summed E-state index contributed by atoms with van der Waals surface area (Å²) in [5.74, 6) is 1.54. The van der Waals surface area contributed by atoms with Crippen molar-refractivity contribution in [1.29, 1.82) is 0 Å². The van der Waals surface area contributed by atoms with E-state index in [9.17, 15) is 0 Å². The molecule has 1 heterocycles. The molecule has 2 aromatic carbocycles. The molecule has 0 spiro atoms. The molecule has 0 bridgehead atoms. The van der Waals surface area contributed by atoms with Crippen LogP contribution in [0.1, 0.15) is 5.56 Å². The van der Waals surface area contributed by atoms with E-state index in [1.54, 1.807) is 0 Å². The van der Waals surface area contributed by atoms with Gasteiger partial charge in [0.05, 0.1) is 0 Å². The van der Waals surface area contributed by atoms with Crippen LogP contribution in [-0.2, 0) is 6.54 Å². The highest BCUT2D eigenvalue weighted by molar-refractivity contribution is 9.10. The molecule has 0 atom stereocenters. The van der Waals surface area contributed by atoms with Crippen molar-refractivity contribution in [3.63, 3.8) is 0 Å². The molecule has 0 radical (unpaired) electrons. The lowest BCUT2D eigenvalue weighted by Crippen LogP contribution is -2.06. The highest BCUT2D eigenvalue weighted by atomic mass is 79.9. The molecule has 3 N–H and O–H groups in total. The van der Waals surface area contributed by atoms with Gasteiger partial charge >= 0.3 is 0 Å². The van der Waals surface area contributed by atoms with Gasteiger partial charge in [0.1, 0.15) is 17.8 Å². The van der Waals surface area contributed by atoms with Gasteiger partial charge in [-0.15, -0.1) is 0 Å². The molecule has 0 aliphatic rings. The third-order valence-corrected chi connectivity index (χ3v) is 3.71. The second-order valence-electron chi connectivity index (χ2n) is 4.84. The number of aromatic nitrogens is 2. The largest absolute Gasteiger partial charge is 0.437 e. The van der Waals surface area contributed by atoms with Gasteiger partial charge in [-0.25, -0.2) is 4.98 Å². The zero-order valence-corrected chi connectivity index (χ0v) is 13.8. The van der Waals surface area contributed by atoms with E-state index in [1.807, 2.05) is 54.6 Å². The summed E-state index contributed by atoms with van der Waals surface area (Å²) in [5, 5.41) is 3.20. The normalized spacial score (nSPS) is 10.3. The number of rotatable bonds is 5. The fourth-order valence-electron chi connectivity index (χ4n) is 2.00. The smallest absolute Gasteiger partial charge is 0.248 e. The number of nitrogens with two attached hydrogens (primary N) is 1. The van der Waals surface area contributed by atoms with Crippen molar-refractivity contribution in [2.24, 2.45) is 0 Å². The second kappa shape index (κ2) is 7.11. The summed E-state index contributed by atoms with van der Waals surface area (Å²) in [7, 11) is 0. The number of ether oxygens (including phenoxy) is 1. The molecule has 1 aromatic heterocycles. The summed E-state index contributed by atoms with van der Waals surface area (Å²) in [6, 6.07) is 17.5. The molecular formula is C17H15BrN4O. The Kier molecular flexibility index (Phi) is 4.73. The minimum Gasteiger partial charge on any atom is -0.437 e. The average Bonchev–Trinajstić information content (AvgIpc) is 2.58. The average molecular weight is 371 g/mol. The first kappa shape index (κ1) is 15.3. The van der Waals surface area contributed by atoms with Gasteiger partial charge in [0.25, 0.3) is 0 Å². The van der Waals surface area contributed by atoms with E-state index in [2.05, 4.69) is 31.2 Å². The highest BCUT2D eigenvalue weighted by Crippen LogP contribution is 2.29. The van der Waals surface area contributed by atoms with Gasteiger partial charge in [0.2, 0.25) is 5.88 Å². The molecule has 5 nitrogen and oxygen atoms in total. The first-order chi connectivity index (χ1) is 11.2. The van der Waals surface area contributed by atoms with Gasteiger partial charge in [-0.1, -0.05) is 46.3 Å². The Morgan fingerprint density at radius 3 is 2.48 bits per heavy atom. The van der Waals surface area contributed by atoms with Crippen LogP contribution in [0.25, 0.3) is 0 Å². The number of anilines is 2. The van der Waals surface area contributed by atoms with E-state index < -0.39 is 0 Å². The molecule has 0 saturated heterocycles. The van der Waals surface area contributed by atoms with Crippen molar-refractivity contribution >= 4 is 27.4 Å². The lowest BCUT2D eigenvalue weighted by molar-refractivity contribution is 0.464. The molecule has 3 aromatic rings. The third-order valence-electron chi connectivity index (χ3n) is 3.18. The van der Waals surface area contributed by atoms with Crippen LogP contribution in [-0.4, -0.2) is 9.97 Å². The Bertz CT molecular complexity index is 778. The molecule has 0 unspecified atom stereocenters. The predicted molar refractivity (Wildman–Crippen MR) is 94.4 cm³/mol. The second-order valence-corrected chi connectivity index (χ2v) is 5.75. The summed E-state index contributed by atoms with van der Waals surface area (Å²) in [4.78, 5) is 8.28. The van der Waals surface area contributed by atoms with Crippen molar-refractivity contribution in [3.05, 3.63) is 71.0 Å². The fraction of sp³-hybridized carbons (Fsp3) is 0.0588. The van der Waals surface area contributed by atoms with Crippen LogP contribution in [0.5, 0.6) is 11.6 Å². The van der Waals surface area contributed by atoms with Crippen molar-refractivity contribution in [1.82, 2.24) is 9.97 Å². The number of benzene rings is 2. The molecule has 6 heteroatoms. The van der Waals surface area contributed by atoms with E-state index in [0.29, 0.717) is 29.7 Å². The highest BCUT2D eigenvalue weighted by Gasteiger charge is 2.10. The summed E-state index contributed by atoms with van der Waals surface area (Å²) in [5.41, 5.74) is 7.62. The molecule has 0 aliphatic carbocycles. The topological polar surface area (TPSA) is 73.1 Å². The van der Waals surface area contributed by atoms with Crippen LogP contribution >= 0.6 is 15.9 Å². The number of hydrogen-bond donors (Lipinski definition) is 2. The first-order valence-corrected chi connectivity index (χ1v) is 7.83. The number of halogens is 1. The zero-order chi connectivity index (χ0) is 16.1. The van der Waals surface area contributed by atoms with Gasteiger partial charge in [-0.2, -0.15) is 4.98 Å². The summed E-state index contributed by atoms with van der Waals surface area (Å²) >= 11 is 3.38. The van der Waals surface area contributed by atoms with Crippen molar-refractivity contribution in [2.45, 2.75) is 6.54 Å². The van der Waals surface area contributed by atoms with Crippen LogP contribution in [0.4, 0.5) is 11.5 Å². The first-order valence-electron chi connectivity index (χ1n) is 7.04. The molecule has 0 saturated carbocycles. The van der Waals surface area contributed by atoms with Crippen LogP contribution in [0, 0.1) is 0 Å². The number of hydrogen-bond acceptors (Lipinski definition) is 5. The minimum atomic E-state index is 0.331. The Hall–Kier alpha value is -2.60. The van der Waals surface area contributed by atoms with Crippen molar-refractivity contribution in [3.8, 4) is 11.6 Å². The standard InChI is InChI=1S/C17H15BrN4O/c18-13-6-8-14(9-7-13)23-17-15(19)16(21-11-22-17)20-10-12-4-2-1-3-5-12/h1-9,11H,10,19H2,(H,20,21,22). The molecule has 0 aliphatic heterocycles. The molecule has 0 fully saturated rings. The van der Waals surface area contributed by atoms with Crippen molar-refractivity contribution < 1.29 is 4.74 Å². The Labute approximate surface area is 142 Å². The fourth-order valence-corrected chi connectivity index (χ4v) is 2.26. The van der Waals surface area contributed by atoms with Gasteiger partial charge in [0, 0.05) is 11.0 Å². The monoisotopic (exact) mass is 370 g/mol. The van der Waals surface area contributed by atoms with Crippen LogP contribution in [0.3, 0.4) is 0 Å². The van der Waals surface area contributed by atoms with E-state index in [0.717, 1.165) is 10.0 Å². The van der Waals surface area contributed by atoms with Gasteiger partial charge in [0.15, 0.2) is 5.82 Å². The number of nitrogens with zero attached hydrogens (tertiary/aromatic N) is 2. The van der Waals surface area contributed by atoms with Crippen molar-refractivity contribution in [2.75, 3.05) is 11.1 Å². The summed E-state index contributed by atoms with van der Waals surface area (Å²) in [6.07, 6.45) is 1.43. The maximum atomic E-state index is 6.10. The molecular weight excluding hydrogens is 356 g/mol. The maximum absolute atomic E-state index is 6.10. The number of nitrogen functional groups attached to an aromatic ring is 1. The molecule has 23 heavy (non-hydrogen) atoms. The predicted octanol–water partition coefficient (Wildman–Crippen LogP) is 4.23. The SMILES string of the molecule is Nc1c(NCc2ccccc2)ncnc1Oc1ccc(Br)cc1. The minimum absolute atomic E-state index is 0.331. The van der Waals surface area contributed by atoms with Crippen LogP contribution in [0.15, 0.2) is 65.4 Å². The van der Waals surface area contributed by atoms with E-state index in [4.69, 9.17) is 10.5 Å². The van der Waals surface area contributed by atoms with E-state index >= 15 is 0 Å². The van der Waals surface area contributed by atoms with Gasteiger partial charge < -0.3 is 15.8 Å². The molecule has 0 amide bonds. The van der Waals surface area contributed by atoms with Crippen LogP contribution in [0.2, 0.25) is 0 Å². The van der Waals surface area contributed by atoms with Crippen LogP contribution < -0.4 is 15.8 Å². The summed E-state index contributed by atoms with van der Waals surface area (Å²) in [6.45, 7) is 0.625. The Morgan fingerprint density at radius 2 is 1.74 bits per heavy atom. The van der Waals surface area contributed by atoms with E-state index in [-0.39, 0.29) is 0 Å². The lowest BCUT2D eigenvalue weighted by Gasteiger charge is -2.11. The van der Waals surface area contributed by atoms with E-state index in [1.165, 1.54) is 6.33 Å².